The first kappa shape index (κ1) is 20.9. The maximum Gasteiger partial charge on any atom is 0.435 e. The van der Waals surface area contributed by atoms with Crippen LogP contribution in [0.5, 0.6) is 0 Å². The molecule has 3 aromatic rings. The van der Waals surface area contributed by atoms with Crippen LogP contribution in [0.4, 0.5) is 19.0 Å². The third-order valence-corrected chi connectivity index (χ3v) is 5.06. The van der Waals surface area contributed by atoms with Gasteiger partial charge in [0.25, 0.3) is 5.91 Å². The third kappa shape index (κ3) is 4.00. The van der Waals surface area contributed by atoms with Gasteiger partial charge in [-0.25, -0.2) is 9.97 Å². The number of halogens is 3. The van der Waals surface area contributed by atoms with Gasteiger partial charge in [-0.3, -0.25) is 4.79 Å². The molecule has 11 heteroatoms. The molecule has 2 N–H and O–H groups in total. The Labute approximate surface area is 175 Å². The van der Waals surface area contributed by atoms with Gasteiger partial charge in [-0.15, -0.1) is 5.10 Å². The van der Waals surface area contributed by atoms with Gasteiger partial charge < -0.3 is 15.4 Å². The second kappa shape index (κ2) is 7.73. The standard InChI is InChI=1S/C20H19F3N6O2/c1-10(2)29(7-11-3-4-17(28-27-11)20(21,22)23)19(30)15-5-12-13-8-31-9-14(13)18(24)26-16(12)6-25-15/h3-6,10H,7-9H2,1-2H3,(H2,24,26). The monoisotopic (exact) mass is 432 g/mol. The fourth-order valence-corrected chi connectivity index (χ4v) is 3.40. The minimum atomic E-state index is -4.57. The molecular weight excluding hydrogens is 413 g/mol. The van der Waals surface area contributed by atoms with Crippen molar-refractivity contribution in [2.75, 3.05) is 5.73 Å². The summed E-state index contributed by atoms with van der Waals surface area (Å²) >= 11 is 0. The van der Waals surface area contributed by atoms with Gasteiger partial charge in [-0.2, -0.15) is 18.3 Å². The van der Waals surface area contributed by atoms with Crippen molar-refractivity contribution in [2.45, 2.75) is 45.8 Å². The van der Waals surface area contributed by atoms with Crippen molar-refractivity contribution >= 4 is 22.6 Å². The van der Waals surface area contributed by atoms with E-state index in [1.54, 1.807) is 19.9 Å². The minimum Gasteiger partial charge on any atom is -0.383 e. The number of rotatable bonds is 4. The van der Waals surface area contributed by atoms with E-state index in [1.165, 1.54) is 17.2 Å². The van der Waals surface area contributed by atoms with E-state index in [-0.39, 0.29) is 29.9 Å². The molecule has 1 aliphatic rings. The number of hydrogen-bond acceptors (Lipinski definition) is 7. The fourth-order valence-electron chi connectivity index (χ4n) is 3.40. The van der Waals surface area contributed by atoms with E-state index < -0.39 is 11.9 Å². The topological polar surface area (TPSA) is 107 Å². The van der Waals surface area contributed by atoms with Gasteiger partial charge >= 0.3 is 6.18 Å². The molecule has 0 spiro atoms. The maximum atomic E-state index is 13.2. The first-order valence-electron chi connectivity index (χ1n) is 9.50. The van der Waals surface area contributed by atoms with Crippen LogP contribution in [0.1, 0.15) is 46.9 Å². The molecule has 0 radical (unpaired) electrons. The maximum absolute atomic E-state index is 13.2. The van der Waals surface area contributed by atoms with Crippen LogP contribution in [-0.4, -0.2) is 37.0 Å². The summed E-state index contributed by atoms with van der Waals surface area (Å²) in [5.41, 5.74) is 7.54. The summed E-state index contributed by atoms with van der Waals surface area (Å²) in [5.74, 6) is -0.00588. The molecule has 0 atom stereocenters. The number of nitrogens with two attached hydrogens (primary N) is 1. The Morgan fingerprint density at radius 1 is 1.23 bits per heavy atom. The zero-order valence-corrected chi connectivity index (χ0v) is 16.8. The Balaban J connectivity index is 1.64. The zero-order chi connectivity index (χ0) is 22.3. The number of nitrogen functional groups attached to an aromatic ring is 1. The molecule has 31 heavy (non-hydrogen) atoms. The average Bonchev–Trinajstić information content (AvgIpc) is 3.22. The highest BCUT2D eigenvalue weighted by Gasteiger charge is 2.33. The number of nitrogens with zero attached hydrogens (tertiary/aromatic N) is 5. The summed E-state index contributed by atoms with van der Waals surface area (Å²) in [5, 5.41) is 7.58. The van der Waals surface area contributed by atoms with E-state index in [2.05, 4.69) is 20.2 Å². The molecule has 4 heterocycles. The van der Waals surface area contributed by atoms with E-state index in [1.807, 2.05) is 0 Å². The first-order chi connectivity index (χ1) is 14.6. The largest absolute Gasteiger partial charge is 0.435 e. The highest BCUT2D eigenvalue weighted by molar-refractivity contribution is 5.97. The van der Waals surface area contributed by atoms with Gasteiger partial charge in [0.2, 0.25) is 0 Å². The van der Waals surface area contributed by atoms with Crippen LogP contribution in [-0.2, 0) is 30.7 Å². The van der Waals surface area contributed by atoms with Gasteiger partial charge in [0.15, 0.2) is 5.69 Å². The van der Waals surface area contributed by atoms with E-state index in [0.29, 0.717) is 24.5 Å². The number of carbonyl (C=O) groups is 1. The van der Waals surface area contributed by atoms with Gasteiger partial charge in [0, 0.05) is 17.0 Å². The molecule has 0 bridgehead atoms. The molecule has 1 aliphatic heterocycles. The quantitative estimate of drug-likeness (QED) is 0.675. The van der Waals surface area contributed by atoms with E-state index in [0.717, 1.165) is 22.6 Å². The lowest BCUT2D eigenvalue weighted by molar-refractivity contribution is -0.141. The van der Waals surface area contributed by atoms with Gasteiger partial charge in [-0.1, -0.05) is 0 Å². The second-order valence-corrected chi connectivity index (χ2v) is 7.47. The molecule has 0 aromatic carbocycles. The Morgan fingerprint density at radius 3 is 2.61 bits per heavy atom. The van der Waals surface area contributed by atoms with Crippen molar-refractivity contribution in [2.24, 2.45) is 0 Å². The van der Waals surface area contributed by atoms with Crippen molar-refractivity contribution in [3.8, 4) is 0 Å². The van der Waals surface area contributed by atoms with Gasteiger partial charge in [-0.05, 0) is 37.6 Å². The number of fused-ring (bicyclic) bond motifs is 3. The molecular formula is C20H19F3N6O2. The molecule has 3 aromatic heterocycles. The number of alkyl halides is 3. The molecule has 0 unspecified atom stereocenters. The van der Waals surface area contributed by atoms with Crippen molar-refractivity contribution < 1.29 is 22.7 Å². The minimum absolute atomic E-state index is 0.0113. The Bertz CT molecular complexity index is 1150. The van der Waals surface area contributed by atoms with Crippen molar-refractivity contribution in [1.82, 2.24) is 25.1 Å². The number of hydrogen-bond donors (Lipinski definition) is 1. The Hall–Kier alpha value is -3.34. The lowest BCUT2D eigenvalue weighted by Crippen LogP contribution is -2.37. The molecule has 0 saturated carbocycles. The van der Waals surface area contributed by atoms with Crippen LogP contribution in [0, 0.1) is 0 Å². The number of amides is 1. The predicted octanol–water partition coefficient (Wildman–Crippen LogP) is 3.10. The first-order valence-corrected chi connectivity index (χ1v) is 9.50. The summed E-state index contributed by atoms with van der Waals surface area (Å²) in [4.78, 5) is 23.2. The highest BCUT2D eigenvalue weighted by Crippen LogP contribution is 2.31. The highest BCUT2D eigenvalue weighted by atomic mass is 19.4. The molecule has 0 aliphatic carbocycles. The summed E-state index contributed by atoms with van der Waals surface area (Å²) in [7, 11) is 0. The summed E-state index contributed by atoms with van der Waals surface area (Å²) < 4.78 is 43.6. The number of ether oxygens (including phenoxy) is 1. The van der Waals surface area contributed by atoms with Crippen LogP contribution in [0.2, 0.25) is 0 Å². The third-order valence-electron chi connectivity index (χ3n) is 5.06. The lowest BCUT2D eigenvalue weighted by Gasteiger charge is -2.26. The molecule has 0 saturated heterocycles. The molecule has 162 valence electrons. The molecule has 4 rings (SSSR count). The lowest BCUT2D eigenvalue weighted by atomic mass is 10.1. The number of carbonyl (C=O) groups excluding carboxylic acids is 1. The van der Waals surface area contributed by atoms with Crippen molar-refractivity contribution in [3.05, 3.63) is 52.6 Å². The summed E-state index contributed by atoms with van der Waals surface area (Å²) in [6.45, 7) is 4.31. The van der Waals surface area contributed by atoms with Crippen LogP contribution in [0.15, 0.2) is 24.4 Å². The van der Waals surface area contributed by atoms with Crippen molar-refractivity contribution in [1.29, 1.82) is 0 Å². The SMILES string of the molecule is CC(C)N(Cc1ccc(C(F)(F)F)nn1)C(=O)c1cc2c3c(c(N)nc2cn1)COC3. The number of anilines is 1. The van der Waals surface area contributed by atoms with E-state index >= 15 is 0 Å². The Morgan fingerprint density at radius 2 is 1.97 bits per heavy atom. The second-order valence-electron chi connectivity index (χ2n) is 7.47. The van der Waals surface area contributed by atoms with Crippen LogP contribution in [0.3, 0.4) is 0 Å². The fraction of sp³-hybridized carbons (Fsp3) is 0.350. The number of pyridine rings is 2. The average molecular weight is 432 g/mol. The summed E-state index contributed by atoms with van der Waals surface area (Å²) in [6.07, 6.45) is -3.09. The van der Waals surface area contributed by atoms with Gasteiger partial charge in [0.1, 0.15) is 11.5 Å². The van der Waals surface area contributed by atoms with Crippen LogP contribution in [0.25, 0.3) is 10.9 Å². The smallest absolute Gasteiger partial charge is 0.383 e. The normalized spacial score (nSPS) is 13.6. The van der Waals surface area contributed by atoms with E-state index in [9.17, 15) is 18.0 Å². The van der Waals surface area contributed by atoms with Crippen LogP contribution < -0.4 is 5.73 Å². The zero-order valence-electron chi connectivity index (χ0n) is 16.8. The van der Waals surface area contributed by atoms with Gasteiger partial charge in [0.05, 0.1) is 37.2 Å². The number of aromatic nitrogens is 4. The Kier molecular flexibility index (Phi) is 5.21. The van der Waals surface area contributed by atoms with Crippen molar-refractivity contribution in [3.63, 3.8) is 0 Å². The predicted molar refractivity (Wildman–Crippen MR) is 104 cm³/mol. The summed E-state index contributed by atoms with van der Waals surface area (Å²) in [6, 6.07) is 3.45. The van der Waals surface area contributed by atoms with E-state index in [4.69, 9.17) is 10.5 Å². The van der Waals surface area contributed by atoms with Crippen LogP contribution >= 0.6 is 0 Å². The molecule has 8 nitrogen and oxygen atoms in total. The molecule has 0 fully saturated rings. The molecule has 1 amide bonds.